The molecule has 0 aliphatic rings. The quantitative estimate of drug-likeness (QED) is 0.371. The number of aromatic nitrogens is 2. The summed E-state index contributed by atoms with van der Waals surface area (Å²) in [5.74, 6) is 0.883. The molecule has 0 spiro atoms. The zero-order valence-corrected chi connectivity index (χ0v) is 18.7. The Kier molecular flexibility index (Phi) is 5.96. The lowest BCUT2D eigenvalue weighted by molar-refractivity contribution is 0.0984. The average Bonchev–Trinajstić information content (AvgIpc) is 3.20. The summed E-state index contributed by atoms with van der Waals surface area (Å²) < 4.78 is 12.6. The third kappa shape index (κ3) is 4.15. The van der Waals surface area contributed by atoms with Crippen LogP contribution in [0.5, 0.6) is 11.5 Å². The minimum atomic E-state index is -0.182. The van der Waals surface area contributed by atoms with Gasteiger partial charge in [-0.15, -0.1) is 0 Å². The van der Waals surface area contributed by atoms with Crippen molar-refractivity contribution in [2.75, 3.05) is 19.1 Å². The number of hydrogen-bond donors (Lipinski definition) is 0. The fourth-order valence-electron chi connectivity index (χ4n) is 3.03. The highest BCUT2D eigenvalue weighted by atomic mass is 79.9. The van der Waals surface area contributed by atoms with Crippen LogP contribution >= 0.6 is 27.3 Å². The third-order valence-electron chi connectivity index (χ3n) is 4.51. The normalized spacial score (nSPS) is 10.8. The number of amides is 1. The molecule has 0 saturated heterocycles. The molecule has 4 aromatic rings. The van der Waals surface area contributed by atoms with Gasteiger partial charge < -0.3 is 9.47 Å². The van der Waals surface area contributed by atoms with E-state index in [9.17, 15) is 4.79 Å². The monoisotopic (exact) mass is 483 g/mol. The maximum Gasteiger partial charge on any atom is 0.260 e. The zero-order valence-electron chi connectivity index (χ0n) is 16.3. The van der Waals surface area contributed by atoms with Gasteiger partial charge in [0.1, 0.15) is 0 Å². The van der Waals surface area contributed by atoms with Crippen molar-refractivity contribution >= 4 is 48.5 Å². The van der Waals surface area contributed by atoms with Gasteiger partial charge in [-0.25, -0.2) is 4.98 Å². The molecular weight excluding hydrogens is 466 g/mol. The predicted octanol–water partition coefficient (Wildman–Crippen LogP) is 5.32. The van der Waals surface area contributed by atoms with Gasteiger partial charge in [-0.2, -0.15) is 0 Å². The van der Waals surface area contributed by atoms with Gasteiger partial charge in [-0.1, -0.05) is 33.3 Å². The van der Waals surface area contributed by atoms with Crippen molar-refractivity contribution in [3.05, 3.63) is 76.5 Å². The number of halogens is 1. The van der Waals surface area contributed by atoms with Gasteiger partial charge in [0.15, 0.2) is 16.6 Å². The number of nitrogens with zero attached hydrogens (tertiary/aromatic N) is 3. The summed E-state index contributed by atoms with van der Waals surface area (Å²) in [4.78, 5) is 24.1. The first-order chi connectivity index (χ1) is 14.6. The van der Waals surface area contributed by atoms with Crippen LogP contribution in [0, 0.1) is 0 Å². The Bertz CT molecular complexity index is 1200. The molecule has 0 bridgehead atoms. The molecule has 2 aromatic carbocycles. The Morgan fingerprint density at radius 2 is 1.93 bits per heavy atom. The minimum absolute atomic E-state index is 0.182. The van der Waals surface area contributed by atoms with Gasteiger partial charge in [-0.3, -0.25) is 14.7 Å². The molecule has 0 fully saturated rings. The van der Waals surface area contributed by atoms with Crippen molar-refractivity contribution in [3.8, 4) is 11.5 Å². The van der Waals surface area contributed by atoms with E-state index >= 15 is 0 Å². The topological polar surface area (TPSA) is 64.5 Å². The molecule has 152 valence electrons. The van der Waals surface area contributed by atoms with Crippen LogP contribution in [-0.4, -0.2) is 30.1 Å². The Morgan fingerprint density at radius 1 is 1.10 bits per heavy atom. The van der Waals surface area contributed by atoms with Crippen LogP contribution in [0.1, 0.15) is 15.9 Å². The fraction of sp³-hybridized carbons (Fsp3) is 0.136. The van der Waals surface area contributed by atoms with Crippen LogP contribution in [0.3, 0.4) is 0 Å². The zero-order chi connectivity index (χ0) is 21.1. The molecule has 0 atom stereocenters. The first-order valence-electron chi connectivity index (χ1n) is 9.08. The van der Waals surface area contributed by atoms with E-state index in [2.05, 4.69) is 20.9 Å². The summed E-state index contributed by atoms with van der Waals surface area (Å²) in [7, 11) is 3.11. The molecule has 0 unspecified atom stereocenters. The molecule has 8 heteroatoms. The van der Waals surface area contributed by atoms with Crippen LogP contribution in [-0.2, 0) is 6.54 Å². The number of fused-ring (bicyclic) bond motifs is 1. The second-order valence-electron chi connectivity index (χ2n) is 6.43. The van der Waals surface area contributed by atoms with Gasteiger partial charge in [0, 0.05) is 22.4 Å². The molecule has 2 heterocycles. The van der Waals surface area contributed by atoms with E-state index in [1.165, 1.54) is 11.3 Å². The molecule has 0 N–H and O–H groups in total. The van der Waals surface area contributed by atoms with Crippen LogP contribution in [0.2, 0.25) is 0 Å². The van der Waals surface area contributed by atoms with Crippen LogP contribution in [0.4, 0.5) is 5.13 Å². The van der Waals surface area contributed by atoms with Crippen molar-refractivity contribution in [2.24, 2.45) is 0 Å². The second kappa shape index (κ2) is 8.81. The summed E-state index contributed by atoms with van der Waals surface area (Å²) in [6.45, 7) is 0.349. The molecule has 0 aliphatic carbocycles. The summed E-state index contributed by atoms with van der Waals surface area (Å²) >= 11 is 4.96. The highest BCUT2D eigenvalue weighted by Crippen LogP contribution is 2.34. The summed E-state index contributed by atoms with van der Waals surface area (Å²) in [5.41, 5.74) is 2.23. The lowest BCUT2D eigenvalue weighted by Gasteiger charge is -2.20. The molecule has 0 aliphatic heterocycles. The van der Waals surface area contributed by atoms with Crippen LogP contribution in [0.15, 0.2) is 65.4 Å². The summed E-state index contributed by atoms with van der Waals surface area (Å²) in [6.07, 6.45) is 3.46. The Balaban J connectivity index is 1.77. The highest BCUT2D eigenvalue weighted by Gasteiger charge is 2.23. The molecular formula is C22H18BrN3O3S. The van der Waals surface area contributed by atoms with Crippen molar-refractivity contribution in [3.63, 3.8) is 0 Å². The molecule has 6 nitrogen and oxygen atoms in total. The van der Waals surface area contributed by atoms with E-state index in [4.69, 9.17) is 14.5 Å². The number of benzene rings is 2. The molecule has 30 heavy (non-hydrogen) atoms. The van der Waals surface area contributed by atoms with E-state index < -0.39 is 0 Å². The molecule has 4 rings (SSSR count). The van der Waals surface area contributed by atoms with Crippen LogP contribution < -0.4 is 14.4 Å². The van der Waals surface area contributed by atoms with E-state index in [0.29, 0.717) is 28.7 Å². The molecule has 0 saturated carbocycles. The average molecular weight is 484 g/mol. The first-order valence-corrected chi connectivity index (χ1v) is 10.7. The summed E-state index contributed by atoms with van der Waals surface area (Å²) in [5, 5.41) is 0.617. The number of methoxy groups -OCH3 is 2. The van der Waals surface area contributed by atoms with Gasteiger partial charge >= 0.3 is 0 Å². The lowest BCUT2D eigenvalue weighted by Crippen LogP contribution is -2.30. The lowest BCUT2D eigenvalue weighted by atomic mass is 10.1. The number of ether oxygens (including phenoxy) is 2. The van der Waals surface area contributed by atoms with Gasteiger partial charge in [0.25, 0.3) is 5.91 Å². The van der Waals surface area contributed by atoms with E-state index in [1.54, 1.807) is 49.7 Å². The number of hydrogen-bond acceptors (Lipinski definition) is 6. The van der Waals surface area contributed by atoms with Crippen molar-refractivity contribution < 1.29 is 14.3 Å². The molecule has 2 aromatic heterocycles. The van der Waals surface area contributed by atoms with Crippen LogP contribution in [0.25, 0.3) is 10.2 Å². The predicted molar refractivity (Wildman–Crippen MR) is 122 cm³/mol. The fourth-order valence-corrected chi connectivity index (χ4v) is 4.54. The highest BCUT2D eigenvalue weighted by molar-refractivity contribution is 9.10. The Labute approximate surface area is 186 Å². The number of thiazole rings is 1. The molecule has 1 amide bonds. The van der Waals surface area contributed by atoms with Gasteiger partial charge in [-0.05, 0) is 48.0 Å². The number of carbonyl (C=O) groups excluding carboxylic acids is 1. The Morgan fingerprint density at radius 3 is 2.67 bits per heavy atom. The minimum Gasteiger partial charge on any atom is -0.493 e. The van der Waals surface area contributed by atoms with E-state index in [-0.39, 0.29) is 5.91 Å². The number of pyridine rings is 1. The second-order valence-corrected chi connectivity index (χ2v) is 8.36. The maximum atomic E-state index is 13.5. The Hall–Kier alpha value is -2.97. The smallest absolute Gasteiger partial charge is 0.260 e. The van der Waals surface area contributed by atoms with Crippen molar-refractivity contribution in [1.29, 1.82) is 0 Å². The van der Waals surface area contributed by atoms with Gasteiger partial charge in [0.05, 0.1) is 31.0 Å². The maximum absolute atomic E-state index is 13.5. The van der Waals surface area contributed by atoms with Crippen molar-refractivity contribution in [2.45, 2.75) is 6.54 Å². The van der Waals surface area contributed by atoms with Gasteiger partial charge in [0.2, 0.25) is 0 Å². The van der Waals surface area contributed by atoms with E-state index in [0.717, 1.165) is 20.3 Å². The summed E-state index contributed by atoms with van der Waals surface area (Å²) in [6, 6.07) is 14.8. The first kappa shape index (κ1) is 20.3. The number of rotatable bonds is 6. The standard InChI is InChI=1S/C22H18BrN3O3S/c1-28-18-8-5-15(10-19(18)29-2)21(27)26(13-14-4-3-9-24-12-14)22-25-17-7-6-16(23)11-20(17)30-22/h3-12H,13H2,1-2H3. The number of anilines is 1. The third-order valence-corrected chi connectivity index (χ3v) is 6.04. The molecule has 0 radical (unpaired) electrons. The number of carbonyl (C=O) groups is 1. The SMILES string of the molecule is COc1ccc(C(=O)N(Cc2cccnc2)c2nc3ccc(Br)cc3s2)cc1OC. The van der Waals surface area contributed by atoms with E-state index in [1.807, 2.05) is 30.3 Å². The largest absolute Gasteiger partial charge is 0.493 e. The van der Waals surface area contributed by atoms with Crippen molar-refractivity contribution in [1.82, 2.24) is 9.97 Å².